The number of amides is 1. The van der Waals surface area contributed by atoms with E-state index < -0.39 is 0 Å². The van der Waals surface area contributed by atoms with Crippen LogP contribution in [-0.2, 0) is 4.79 Å². The van der Waals surface area contributed by atoms with Crippen LogP contribution < -0.4 is 10.1 Å². The van der Waals surface area contributed by atoms with Gasteiger partial charge in [-0.2, -0.15) is 0 Å². The fraction of sp³-hybridized carbons (Fsp3) is 0.286. The Kier molecular flexibility index (Phi) is 5.14. The molecule has 27 heavy (non-hydrogen) atoms. The van der Waals surface area contributed by atoms with E-state index in [2.05, 4.69) is 15.5 Å². The van der Waals surface area contributed by atoms with E-state index in [1.165, 1.54) is 25.7 Å². The zero-order valence-corrected chi connectivity index (χ0v) is 15.0. The lowest BCUT2D eigenvalue weighted by atomic mass is 10.0. The molecule has 1 aliphatic rings. The lowest BCUT2D eigenvalue weighted by Crippen LogP contribution is -2.14. The van der Waals surface area contributed by atoms with E-state index in [1.807, 2.05) is 59.4 Å². The third-order valence-electron chi connectivity index (χ3n) is 4.80. The Morgan fingerprint density at radius 2 is 1.78 bits per heavy atom. The first-order chi connectivity index (χ1) is 13.3. The molecule has 1 fully saturated rings. The Balaban J connectivity index is 1.32. The van der Waals surface area contributed by atoms with E-state index in [0.29, 0.717) is 24.0 Å². The minimum absolute atomic E-state index is 0.0852. The molecule has 0 aliphatic heterocycles. The summed E-state index contributed by atoms with van der Waals surface area (Å²) in [5.74, 6) is 2.42. The second-order valence-electron chi connectivity index (χ2n) is 6.85. The second kappa shape index (κ2) is 8.03. The van der Waals surface area contributed by atoms with Crippen molar-refractivity contribution in [1.82, 2.24) is 14.8 Å². The Labute approximate surface area is 158 Å². The molecule has 1 N–H and O–H groups in total. The molecule has 2 heterocycles. The van der Waals surface area contributed by atoms with Crippen molar-refractivity contribution in [3.05, 3.63) is 60.9 Å². The first-order valence-corrected chi connectivity index (χ1v) is 9.31. The summed E-state index contributed by atoms with van der Waals surface area (Å²) in [6.45, 7) is 0. The first-order valence-electron chi connectivity index (χ1n) is 9.31. The van der Waals surface area contributed by atoms with Crippen LogP contribution in [0, 0.1) is 5.92 Å². The summed E-state index contributed by atoms with van der Waals surface area (Å²) in [4.78, 5) is 12.1. The van der Waals surface area contributed by atoms with Crippen LogP contribution in [0.15, 0.2) is 60.9 Å². The molecule has 6 heteroatoms. The maximum absolute atomic E-state index is 12.1. The molecule has 0 unspecified atom stereocenters. The number of nitrogens with zero attached hydrogens (tertiary/aromatic N) is 3. The normalized spacial score (nSPS) is 14.2. The summed E-state index contributed by atoms with van der Waals surface area (Å²) in [5.41, 5.74) is 0.777. The van der Waals surface area contributed by atoms with Crippen molar-refractivity contribution < 1.29 is 9.53 Å². The van der Waals surface area contributed by atoms with Gasteiger partial charge in [-0.05, 0) is 61.2 Å². The number of hydrogen-bond acceptors (Lipinski definition) is 4. The number of aromatic nitrogens is 3. The van der Waals surface area contributed by atoms with Crippen LogP contribution in [0.25, 0.3) is 5.82 Å². The van der Waals surface area contributed by atoms with Crippen molar-refractivity contribution in [3.63, 3.8) is 0 Å². The standard InChI is InChI=1S/C21H22N4O2/c26-20(15-16-5-1-2-6-16)22-17-7-9-18(10-8-17)27-21-12-11-19(23-24-21)25-13-3-4-14-25/h3-4,7-14,16H,1-2,5-6,15H2,(H,22,26). The van der Waals surface area contributed by atoms with Crippen molar-refractivity contribution in [2.45, 2.75) is 32.1 Å². The molecule has 2 aromatic heterocycles. The number of nitrogens with one attached hydrogen (secondary N) is 1. The molecule has 0 radical (unpaired) electrons. The molecule has 0 spiro atoms. The molecular formula is C21H22N4O2. The maximum atomic E-state index is 12.1. The highest BCUT2D eigenvalue weighted by Crippen LogP contribution is 2.28. The molecular weight excluding hydrogens is 340 g/mol. The average Bonchev–Trinajstić information content (AvgIpc) is 3.38. The van der Waals surface area contributed by atoms with Crippen LogP contribution in [0.2, 0.25) is 0 Å². The summed E-state index contributed by atoms with van der Waals surface area (Å²) in [7, 11) is 0. The highest BCUT2D eigenvalue weighted by Gasteiger charge is 2.18. The lowest BCUT2D eigenvalue weighted by Gasteiger charge is -2.10. The van der Waals surface area contributed by atoms with Gasteiger partial charge >= 0.3 is 0 Å². The van der Waals surface area contributed by atoms with Gasteiger partial charge in [-0.3, -0.25) is 4.79 Å². The van der Waals surface area contributed by atoms with Crippen LogP contribution in [-0.4, -0.2) is 20.7 Å². The Hall–Kier alpha value is -3.15. The number of benzene rings is 1. The van der Waals surface area contributed by atoms with Crippen LogP contribution in [0.5, 0.6) is 11.6 Å². The summed E-state index contributed by atoms with van der Waals surface area (Å²) in [6.07, 6.45) is 9.27. The lowest BCUT2D eigenvalue weighted by molar-refractivity contribution is -0.117. The minimum atomic E-state index is 0.0852. The van der Waals surface area contributed by atoms with Crippen molar-refractivity contribution in [2.75, 3.05) is 5.32 Å². The molecule has 3 aromatic rings. The molecule has 1 saturated carbocycles. The average molecular weight is 362 g/mol. The monoisotopic (exact) mass is 362 g/mol. The zero-order valence-electron chi connectivity index (χ0n) is 15.0. The third kappa shape index (κ3) is 4.53. The topological polar surface area (TPSA) is 69.0 Å². The molecule has 0 atom stereocenters. The molecule has 4 rings (SSSR count). The van der Waals surface area contributed by atoms with Crippen molar-refractivity contribution in [3.8, 4) is 17.4 Å². The van der Waals surface area contributed by atoms with Crippen LogP contribution in [0.1, 0.15) is 32.1 Å². The number of hydrogen-bond donors (Lipinski definition) is 1. The highest BCUT2D eigenvalue weighted by molar-refractivity contribution is 5.90. The van der Waals surface area contributed by atoms with Gasteiger partial charge in [0.05, 0.1) is 0 Å². The fourth-order valence-corrected chi connectivity index (χ4v) is 3.41. The number of carbonyl (C=O) groups is 1. The minimum Gasteiger partial charge on any atom is -0.438 e. The molecule has 1 amide bonds. The Morgan fingerprint density at radius 1 is 1.04 bits per heavy atom. The SMILES string of the molecule is O=C(CC1CCCC1)Nc1ccc(Oc2ccc(-n3cccc3)nn2)cc1. The maximum Gasteiger partial charge on any atom is 0.238 e. The van der Waals surface area contributed by atoms with Gasteiger partial charge in [-0.15, -0.1) is 10.2 Å². The van der Waals surface area contributed by atoms with E-state index in [-0.39, 0.29) is 5.91 Å². The van der Waals surface area contributed by atoms with Gasteiger partial charge in [0, 0.05) is 30.6 Å². The van der Waals surface area contributed by atoms with Crippen LogP contribution in [0.3, 0.4) is 0 Å². The zero-order chi connectivity index (χ0) is 18.5. The van der Waals surface area contributed by atoms with Gasteiger partial charge in [-0.25, -0.2) is 0 Å². The number of carbonyl (C=O) groups excluding carboxylic acids is 1. The highest BCUT2D eigenvalue weighted by atomic mass is 16.5. The van der Waals surface area contributed by atoms with Gasteiger partial charge < -0.3 is 14.6 Å². The van der Waals surface area contributed by atoms with Gasteiger partial charge in [0.25, 0.3) is 0 Å². The van der Waals surface area contributed by atoms with Crippen molar-refractivity contribution in [1.29, 1.82) is 0 Å². The first kappa shape index (κ1) is 17.3. The smallest absolute Gasteiger partial charge is 0.238 e. The molecule has 0 bridgehead atoms. The summed E-state index contributed by atoms with van der Waals surface area (Å²) >= 11 is 0. The Bertz CT molecular complexity index is 868. The van der Waals surface area contributed by atoms with E-state index >= 15 is 0 Å². The van der Waals surface area contributed by atoms with E-state index in [9.17, 15) is 4.79 Å². The van der Waals surface area contributed by atoms with Gasteiger partial charge in [-0.1, -0.05) is 12.8 Å². The molecule has 0 saturated heterocycles. The summed E-state index contributed by atoms with van der Waals surface area (Å²) in [5, 5.41) is 11.2. The fourth-order valence-electron chi connectivity index (χ4n) is 3.41. The number of ether oxygens (including phenoxy) is 1. The second-order valence-corrected chi connectivity index (χ2v) is 6.85. The van der Waals surface area contributed by atoms with E-state index in [0.717, 1.165) is 11.5 Å². The third-order valence-corrected chi connectivity index (χ3v) is 4.80. The van der Waals surface area contributed by atoms with Crippen molar-refractivity contribution >= 4 is 11.6 Å². The summed E-state index contributed by atoms with van der Waals surface area (Å²) < 4.78 is 7.60. The number of anilines is 1. The predicted octanol–water partition coefficient (Wildman–Crippen LogP) is 4.58. The quantitative estimate of drug-likeness (QED) is 0.697. The van der Waals surface area contributed by atoms with Crippen molar-refractivity contribution in [2.24, 2.45) is 5.92 Å². The van der Waals surface area contributed by atoms with E-state index in [1.54, 1.807) is 6.07 Å². The predicted molar refractivity (Wildman–Crippen MR) is 103 cm³/mol. The molecule has 138 valence electrons. The molecule has 1 aliphatic carbocycles. The number of rotatable bonds is 6. The summed E-state index contributed by atoms with van der Waals surface area (Å²) in [6, 6.07) is 14.8. The van der Waals surface area contributed by atoms with Crippen LogP contribution >= 0.6 is 0 Å². The van der Waals surface area contributed by atoms with E-state index in [4.69, 9.17) is 4.74 Å². The van der Waals surface area contributed by atoms with Gasteiger partial charge in [0.15, 0.2) is 5.82 Å². The Morgan fingerprint density at radius 3 is 2.44 bits per heavy atom. The molecule has 1 aromatic carbocycles. The largest absolute Gasteiger partial charge is 0.438 e. The van der Waals surface area contributed by atoms with Gasteiger partial charge in [0.1, 0.15) is 5.75 Å². The van der Waals surface area contributed by atoms with Gasteiger partial charge in [0.2, 0.25) is 11.8 Å². The van der Waals surface area contributed by atoms with Crippen LogP contribution in [0.4, 0.5) is 5.69 Å². The molecule has 6 nitrogen and oxygen atoms in total.